The quantitative estimate of drug-likeness (QED) is 0.738. The van der Waals surface area contributed by atoms with Crippen LogP contribution in [0.4, 0.5) is 5.00 Å². The van der Waals surface area contributed by atoms with E-state index >= 15 is 0 Å². The second kappa shape index (κ2) is 7.80. The smallest absolute Gasteiger partial charge is 0.265 e. The minimum Gasteiger partial charge on any atom is -0.481 e. The molecule has 1 aliphatic rings. The lowest BCUT2D eigenvalue weighted by Crippen LogP contribution is -2.30. The number of fused-ring (bicyclic) bond motifs is 1. The molecule has 0 spiro atoms. The number of halogens is 1. The van der Waals surface area contributed by atoms with Crippen LogP contribution in [0.1, 0.15) is 41.1 Å². The van der Waals surface area contributed by atoms with Gasteiger partial charge in [0.15, 0.2) is 6.10 Å². The van der Waals surface area contributed by atoms with Crippen molar-refractivity contribution in [1.29, 1.82) is 0 Å². The molecule has 0 bridgehead atoms. The highest BCUT2D eigenvalue weighted by atomic mass is 79.9. The van der Waals surface area contributed by atoms with Crippen LogP contribution in [0.2, 0.25) is 0 Å². The van der Waals surface area contributed by atoms with Crippen LogP contribution in [0, 0.1) is 5.92 Å². The highest BCUT2D eigenvalue weighted by Gasteiger charge is 2.28. The highest BCUT2D eigenvalue weighted by Crippen LogP contribution is 2.39. The predicted octanol–water partition coefficient (Wildman–Crippen LogP) is 4.14. The molecule has 1 aliphatic carbocycles. The number of thiophene rings is 1. The van der Waals surface area contributed by atoms with Crippen molar-refractivity contribution in [3.63, 3.8) is 0 Å². The molecule has 2 amide bonds. The van der Waals surface area contributed by atoms with E-state index in [0.717, 1.165) is 34.2 Å². The van der Waals surface area contributed by atoms with Gasteiger partial charge in [0.1, 0.15) is 10.8 Å². The van der Waals surface area contributed by atoms with E-state index in [9.17, 15) is 9.59 Å². The van der Waals surface area contributed by atoms with E-state index in [1.54, 1.807) is 19.1 Å². The number of ether oxygens (including phenoxy) is 1. The van der Waals surface area contributed by atoms with Gasteiger partial charge >= 0.3 is 0 Å². The van der Waals surface area contributed by atoms with Crippen LogP contribution in [0.5, 0.6) is 5.75 Å². The Morgan fingerprint density at radius 2 is 2.19 bits per heavy atom. The average molecular weight is 437 g/mol. The number of hydrogen-bond donors (Lipinski definition) is 2. The third kappa shape index (κ3) is 4.10. The number of rotatable bonds is 5. The van der Waals surface area contributed by atoms with Crippen molar-refractivity contribution in [3.8, 4) is 5.75 Å². The van der Waals surface area contributed by atoms with E-state index in [1.807, 2.05) is 12.1 Å². The number of anilines is 1. The number of nitrogens with two attached hydrogens (primary N) is 1. The Hall–Kier alpha value is -1.86. The topological polar surface area (TPSA) is 81.4 Å². The minimum atomic E-state index is -0.705. The van der Waals surface area contributed by atoms with E-state index < -0.39 is 12.0 Å². The summed E-state index contributed by atoms with van der Waals surface area (Å²) in [7, 11) is 0. The lowest BCUT2D eigenvalue weighted by molar-refractivity contribution is -0.122. The van der Waals surface area contributed by atoms with Crippen LogP contribution in [-0.2, 0) is 17.6 Å². The summed E-state index contributed by atoms with van der Waals surface area (Å²) in [6.07, 6.45) is 2.06. The van der Waals surface area contributed by atoms with Crippen LogP contribution in [-0.4, -0.2) is 17.9 Å². The maximum absolute atomic E-state index is 12.6. The number of carbonyl (C=O) groups is 2. The average Bonchev–Trinajstić information content (AvgIpc) is 2.91. The molecule has 0 saturated carbocycles. The van der Waals surface area contributed by atoms with Gasteiger partial charge in [-0.2, -0.15) is 0 Å². The van der Waals surface area contributed by atoms with E-state index in [-0.39, 0.29) is 5.91 Å². The number of amides is 2. The monoisotopic (exact) mass is 436 g/mol. The Bertz CT molecular complexity index is 849. The van der Waals surface area contributed by atoms with E-state index in [2.05, 4.69) is 28.2 Å². The SMILES string of the molecule is C[C@H]1CCc2c(sc(NC(=O)[C@@H](C)Oc3cccc(Br)c3)c2C(N)=O)C1. The third-order valence-corrected chi connectivity index (χ3v) is 6.14. The summed E-state index contributed by atoms with van der Waals surface area (Å²) >= 11 is 4.83. The first-order valence-corrected chi connectivity index (χ1v) is 10.1. The Balaban J connectivity index is 1.77. The van der Waals surface area contributed by atoms with Crippen LogP contribution in [0.25, 0.3) is 0 Å². The van der Waals surface area contributed by atoms with Gasteiger partial charge in [-0.1, -0.05) is 28.9 Å². The van der Waals surface area contributed by atoms with E-state index in [0.29, 0.717) is 22.2 Å². The molecule has 7 heteroatoms. The summed E-state index contributed by atoms with van der Waals surface area (Å²) in [5, 5.41) is 3.37. The number of nitrogens with one attached hydrogen (secondary N) is 1. The van der Waals surface area contributed by atoms with Crippen molar-refractivity contribution in [2.45, 2.75) is 39.2 Å². The molecule has 1 aromatic carbocycles. The van der Waals surface area contributed by atoms with Gasteiger partial charge in [0.25, 0.3) is 11.8 Å². The summed E-state index contributed by atoms with van der Waals surface area (Å²) in [6.45, 7) is 3.87. The molecule has 1 aromatic heterocycles. The molecule has 2 aromatic rings. The first-order chi connectivity index (χ1) is 12.3. The summed E-state index contributed by atoms with van der Waals surface area (Å²) < 4.78 is 6.57. The molecule has 26 heavy (non-hydrogen) atoms. The minimum absolute atomic E-state index is 0.306. The Labute approximate surface area is 165 Å². The van der Waals surface area contributed by atoms with Crippen molar-refractivity contribution in [1.82, 2.24) is 0 Å². The fourth-order valence-electron chi connectivity index (χ4n) is 3.11. The molecule has 0 radical (unpaired) electrons. The number of benzene rings is 1. The van der Waals surface area contributed by atoms with Crippen LogP contribution in [0.15, 0.2) is 28.7 Å². The molecule has 5 nitrogen and oxygen atoms in total. The lowest BCUT2D eigenvalue weighted by atomic mass is 9.88. The number of hydrogen-bond acceptors (Lipinski definition) is 4. The largest absolute Gasteiger partial charge is 0.481 e. The molecule has 3 rings (SSSR count). The maximum Gasteiger partial charge on any atom is 0.265 e. The number of carbonyl (C=O) groups excluding carboxylic acids is 2. The fourth-order valence-corrected chi connectivity index (χ4v) is 4.91. The van der Waals surface area contributed by atoms with Gasteiger partial charge < -0.3 is 15.8 Å². The zero-order valence-electron chi connectivity index (χ0n) is 14.7. The summed E-state index contributed by atoms with van der Waals surface area (Å²) in [5.74, 6) is 0.368. The zero-order valence-corrected chi connectivity index (χ0v) is 17.1. The first-order valence-electron chi connectivity index (χ1n) is 8.52. The van der Waals surface area contributed by atoms with Crippen LogP contribution < -0.4 is 15.8 Å². The molecular weight excluding hydrogens is 416 g/mol. The van der Waals surface area contributed by atoms with Gasteiger partial charge in [0, 0.05) is 9.35 Å². The molecule has 138 valence electrons. The molecule has 1 heterocycles. The van der Waals surface area contributed by atoms with Gasteiger partial charge in [-0.25, -0.2) is 0 Å². The van der Waals surface area contributed by atoms with Gasteiger partial charge in [-0.15, -0.1) is 11.3 Å². The lowest BCUT2D eigenvalue weighted by Gasteiger charge is -2.18. The standard InChI is InChI=1S/C19H21BrN2O3S/c1-10-6-7-14-15(8-10)26-19(16(14)17(21)23)22-18(24)11(2)25-13-5-3-4-12(20)9-13/h3-5,9-11H,6-8H2,1-2H3,(H2,21,23)(H,22,24)/t10-,11+/m0/s1. The maximum atomic E-state index is 12.6. The van der Waals surface area contributed by atoms with E-state index in [1.165, 1.54) is 11.3 Å². The molecule has 0 unspecified atom stereocenters. The van der Waals surface area contributed by atoms with Crippen LogP contribution in [0.3, 0.4) is 0 Å². The second-order valence-electron chi connectivity index (χ2n) is 6.63. The molecule has 2 atom stereocenters. The highest BCUT2D eigenvalue weighted by molar-refractivity contribution is 9.10. The van der Waals surface area contributed by atoms with Crippen molar-refractivity contribution in [2.75, 3.05) is 5.32 Å². The molecule has 0 aliphatic heterocycles. The molecular formula is C19H21BrN2O3S. The van der Waals surface area contributed by atoms with Gasteiger partial charge in [-0.3, -0.25) is 9.59 Å². The molecule has 0 saturated heterocycles. The van der Waals surface area contributed by atoms with E-state index in [4.69, 9.17) is 10.5 Å². The van der Waals surface area contributed by atoms with Crippen molar-refractivity contribution in [2.24, 2.45) is 11.7 Å². The van der Waals surface area contributed by atoms with Crippen LogP contribution >= 0.6 is 27.3 Å². The summed E-state index contributed by atoms with van der Waals surface area (Å²) in [4.78, 5) is 25.7. The van der Waals surface area contributed by atoms with Crippen molar-refractivity contribution in [3.05, 3.63) is 44.7 Å². The Morgan fingerprint density at radius 1 is 1.42 bits per heavy atom. The molecule has 0 fully saturated rings. The third-order valence-electron chi connectivity index (χ3n) is 4.47. The molecule has 3 N–H and O–H groups in total. The summed E-state index contributed by atoms with van der Waals surface area (Å²) in [5.41, 5.74) is 7.04. The Kier molecular flexibility index (Phi) is 5.67. The predicted molar refractivity (Wildman–Crippen MR) is 107 cm³/mol. The van der Waals surface area contributed by atoms with Crippen molar-refractivity contribution < 1.29 is 14.3 Å². The second-order valence-corrected chi connectivity index (χ2v) is 8.65. The van der Waals surface area contributed by atoms with Crippen molar-refractivity contribution >= 4 is 44.1 Å². The zero-order chi connectivity index (χ0) is 18.8. The first kappa shape index (κ1) is 18.9. The van der Waals surface area contributed by atoms with Gasteiger partial charge in [0.05, 0.1) is 5.56 Å². The normalized spacial score (nSPS) is 17.3. The Morgan fingerprint density at radius 3 is 2.88 bits per heavy atom. The van der Waals surface area contributed by atoms with Gasteiger partial charge in [-0.05, 0) is 55.9 Å². The summed E-state index contributed by atoms with van der Waals surface area (Å²) in [6, 6.07) is 7.30. The van der Waals surface area contributed by atoms with Gasteiger partial charge in [0.2, 0.25) is 0 Å². The fraction of sp³-hybridized carbons (Fsp3) is 0.368. The number of primary amides is 1.